The zero-order valence-electron chi connectivity index (χ0n) is 13.9. The summed E-state index contributed by atoms with van der Waals surface area (Å²) in [4.78, 5) is 13.4. The van der Waals surface area contributed by atoms with E-state index in [1.54, 1.807) is 14.2 Å². The van der Waals surface area contributed by atoms with Crippen molar-refractivity contribution in [3.63, 3.8) is 0 Å². The molecule has 1 aromatic carbocycles. The molecule has 4 heteroatoms. The third-order valence-electron chi connectivity index (χ3n) is 2.36. The zero-order valence-corrected chi connectivity index (χ0v) is 13.9. The first-order valence-corrected chi connectivity index (χ1v) is 6.86. The summed E-state index contributed by atoms with van der Waals surface area (Å²) in [5, 5.41) is 0. The van der Waals surface area contributed by atoms with Gasteiger partial charge in [0.25, 0.3) is 0 Å². The molecule has 0 unspecified atom stereocenters. The van der Waals surface area contributed by atoms with Gasteiger partial charge in [-0.3, -0.25) is 4.90 Å². The Morgan fingerprint density at radius 3 is 2.20 bits per heavy atom. The molecule has 0 saturated heterocycles. The molecule has 0 atom stereocenters. The van der Waals surface area contributed by atoms with Crippen LogP contribution in [0.1, 0.15) is 40.2 Å². The number of hydrogen-bond acceptors (Lipinski definition) is 3. The van der Waals surface area contributed by atoms with Gasteiger partial charge in [0.15, 0.2) is 0 Å². The topological polar surface area (TPSA) is 38.8 Å². The summed E-state index contributed by atoms with van der Waals surface area (Å²) in [7, 11) is 3.25. The number of anilines is 1. The highest BCUT2D eigenvalue weighted by Crippen LogP contribution is 2.29. The fraction of sp³-hybridized carbons (Fsp3) is 0.562. The van der Waals surface area contributed by atoms with Crippen LogP contribution in [-0.4, -0.2) is 25.9 Å². The van der Waals surface area contributed by atoms with Crippen molar-refractivity contribution in [1.29, 1.82) is 0 Å². The molecule has 0 fully saturated rings. The smallest absolute Gasteiger partial charge is 0.414 e. The molecule has 0 aliphatic heterocycles. The molecule has 0 radical (unpaired) electrons. The number of carbonyl (C=O) groups is 1. The van der Waals surface area contributed by atoms with E-state index in [-0.39, 0.29) is 0 Å². The fourth-order valence-corrected chi connectivity index (χ4v) is 1.49. The van der Waals surface area contributed by atoms with Crippen LogP contribution in [0.2, 0.25) is 0 Å². The highest BCUT2D eigenvalue weighted by Gasteiger charge is 2.22. The molecule has 0 aliphatic rings. The summed E-state index contributed by atoms with van der Waals surface area (Å²) in [6.07, 6.45) is -0.397. The maximum absolute atomic E-state index is 12.0. The van der Waals surface area contributed by atoms with Crippen LogP contribution in [0.15, 0.2) is 18.2 Å². The van der Waals surface area contributed by atoms with Crippen molar-refractivity contribution in [3.8, 4) is 5.75 Å². The number of nitrogens with zero attached hydrogens (tertiary/aromatic N) is 1. The Bertz CT molecular complexity index is 436. The lowest BCUT2D eigenvalue weighted by molar-refractivity contribution is 0.0588. The van der Waals surface area contributed by atoms with Crippen molar-refractivity contribution < 1.29 is 14.3 Å². The lowest BCUT2D eigenvalue weighted by Crippen LogP contribution is -2.34. The summed E-state index contributed by atoms with van der Waals surface area (Å²) in [5.74, 6) is 0.647. The minimum absolute atomic E-state index is 0.397. The van der Waals surface area contributed by atoms with Gasteiger partial charge in [-0.25, -0.2) is 4.79 Å². The van der Waals surface area contributed by atoms with Gasteiger partial charge in [0.1, 0.15) is 11.4 Å². The van der Waals surface area contributed by atoms with Gasteiger partial charge in [0, 0.05) is 7.05 Å². The monoisotopic (exact) mass is 281 g/mol. The van der Waals surface area contributed by atoms with E-state index >= 15 is 0 Å². The molecular formula is C16H27NO3. The minimum atomic E-state index is -0.512. The van der Waals surface area contributed by atoms with Crippen LogP contribution in [0.4, 0.5) is 10.5 Å². The number of hydrogen-bond donors (Lipinski definition) is 0. The Balaban J connectivity index is 0.00000172. The van der Waals surface area contributed by atoms with E-state index in [1.807, 2.05) is 59.7 Å². The Morgan fingerprint density at radius 2 is 1.75 bits per heavy atom. The highest BCUT2D eigenvalue weighted by atomic mass is 16.6. The Morgan fingerprint density at radius 1 is 1.20 bits per heavy atom. The molecule has 20 heavy (non-hydrogen) atoms. The lowest BCUT2D eigenvalue weighted by atomic mass is 10.2. The predicted molar refractivity (Wildman–Crippen MR) is 83.7 cm³/mol. The molecule has 0 aromatic heterocycles. The molecule has 0 bridgehead atoms. The third-order valence-corrected chi connectivity index (χ3v) is 2.36. The quantitative estimate of drug-likeness (QED) is 0.806. The molecular weight excluding hydrogens is 254 g/mol. The van der Waals surface area contributed by atoms with Gasteiger partial charge in [-0.2, -0.15) is 0 Å². The molecule has 0 N–H and O–H groups in total. The first-order chi connectivity index (χ1) is 9.24. The largest absolute Gasteiger partial charge is 0.495 e. The van der Waals surface area contributed by atoms with Crippen LogP contribution in [0.5, 0.6) is 5.75 Å². The molecule has 1 rings (SSSR count). The molecule has 1 amide bonds. The number of carbonyl (C=O) groups excluding carboxylic acids is 1. The van der Waals surface area contributed by atoms with Crippen molar-refractivity contribution in [2.24, 2.45) is 0 Å². The van der Waals surface area contributed by atoms with Crippen molar-refractivity contribution in [2.75, 3.05) is 19.1 Å². The Hall–Kier alpha value is -1.71. The fourth-order valence-electron chi connectivity index (χ4n) is 1.49. The van der Waals surface area contributed by atoms with E-state index < -0.39 is 11.7 Å². The summed E-state index contributed by atoms with van der Waals surface area (Å²) >= 11 is 0. The summed E-state index contributed by atoms with van der Waals surface area (Å²) in [6.45, 7) is 11.5. The number of aryl methyl sites for hydroxylation is 1. The van der Waals surface area contributed by atoms with E-state index in [2.05, 4.69) is 0 Å². The van der Waals surface area contributed by atoms with E-state index in [0.29, 0.717) is 11.4 Å². The standard InChI is InChI=1S/C14H21NO3.C2H6/c1-10-7-8-12(17-6)11(9-10)15(5)13(16)18-14(2,3)4;1-2/h7-9H,1-6H3;1-2H3. The highest BCUT2D eigenvalue weighted by molar-refractivity contribution is 5.89. The van der Waals surface area contributed by atoms with E-state index in [4.69, 9.17) is 9.47 Å². The van der Waals surface area contributed by atoms with Gasteiger partial charge in [-0.1, -0.05) is 19.9 Å². The van der Waals surface area contributed by atoms with Gasteiger partial charge in [-0.05, 0) is 45.4 Å². The minimum Gasteiger partial charge on any atom is -0.495 e. The van der Waals surface area contributed by atoms with Crippen molar-refractivity contribution in [3.05, 3.63) is 23.8 Å². The van der Waals surface area contributed by atoms with Gasteiger partial charge in [0.2, 0.25) is 0 Å². The number of amides is 1. The Labute approximate surface area is 122 Å². The molecule has 1 aromatic rings. The number of methoxy groups -OCH3 is 1. The Kier molecular flexibility index (Phi) is 7.11. The molecule has 0 aliphatic carbocycles. The van der Waals surface area contributed by atoms with Crippen molar-refractivity contribution >= 4 is 11.8 Å². The van der Waals surface area contributed by atoms with Crippen molar-refractivity contribution in [2.45, 2.75) is 47.1 Å². The van der Waals surface area contributed by atoms with Crippen LogP contribution in [0.25, 0.3) is 0 Å². The first kappa shape index (κ1) is 18.3. The SMILES string of the molecule is CC.COc1ccc(C)cc1N(C)C(=O)OC(C)(C)C. The second kappa shape index (κ2) is 7.78. The molecule has 114 valence electrons. The van der Waals surface area contributed by atoms with Crippen LogP contribution < -0.4 is 9.64 Å². The normalized spacial score (nSPS) is 10.2. The van der Waals surface area contributed by atoms with Gasteiger partial charge < -0.3 is 9.47 Å². The third kappa shape index (κ3) is 5.51. The van der Waals surface area contributed by atoms with Crippen molar-refractivity contribution in [1.82, 2.24) is 0 Å². The average Bonchev–Trinajstić information content (AvgIpc) is 2.38. The lowest BCUT2D eigenvalue weighted by Gasteiger charge is -2.25. The average molecular weight is 281 g/mol. The summed E-state index contributed by atoms with van der Waals surface area (Å²) < 4.78 is 10.6. The van der Waals surface area contributed by atoms with Crippen LogP contribution in [-0.2, 0) is 4.74 Å². The maximum Gasteiger partial charge on any atom is 0.414 e. The number of rotatable bonds is 2. The second-order valence-corrected chi connectivity index (χ2v) is 5.21. The maximum atomic E-state index is 12.0. The molecule has 0 heterocycles. The molecule has 4 nitrogen and oxygen atoms in total. The van der Waals surface area contributed by atoms with Crippen LogP contribution in [0.3, 0.4) is 0 Å². The van der Waals surface area contributed by atoms with Gasteiger partial charge in [0.05, 0.1) is 12.8 Å². The number of ether oxygens (including phenoxy) is 2. The summed E-state index contributed by atoms with van der Waals surface area (Å²) in [6, 6.07) is 5.67. The van der Waals surface area contributed by atoms with Crippen LogP contribution >= 0.6 is 0 Å². The molecule has 0 spiro atoms. The second-order valence-electron chi connectivity index (χ2n) is 5.21. The van der Waals surface area contributed by atoms with E-state index in [0.717, 1.165) is 5.56 Å². The zero-order chi connectivity index (χ0) is 15.9. The first-order valence-electron chi connectivity index (χ1n) is 6.86. The summed E-state index contributed by atoms with van der Waals surface area (Å²) in [5.41, 5.74) is 1.25. The molecule has 0 saturated carbocycles. The number of benzene rings is 1. The predicted octanol–water partition coefficient (Wildman–Crippen LogP) is 4.40. The van der Waals surface area contributed by atoms with Gasteiger partial charge in [-0.15, -0.1) is 0 Å². The van der Waals surface area contributed by atoms with E-state index in [1.165, 1.54) is 4.90 Å². The van der Waals surface area contributed by atoms with E-state index in [9.17, 15) is 4.79 Å². The van der Waals surface area contributed by atoms with Gasteiger partial charge >= 0.3 is 6.09 Å². The van der Waals surface area contributed by atoms with Crippen LogP contribution in [0, 0.1) is 6.92 Å².